The van der Waals surface area contributed by atoms with Gasteiger partial charge >= 0.3 is 6.03 Å². The van der Waals surface area contributed by atoms with Crippen molar-refractivity contribution in [2.45, 2.75) is 32.7 Å². The number of benzene rings is 2. The van der Waals surface area contributed by atoms with Crippen molar-refractivity contribution in [1.29, 1.82) is 0 Å². The summed E-state index contributed by atoms with van der Waals surface area (Å²) in [5, 5.41) is 10.7. The number of hydrogen-bond acceptors (Lipinski definition) is 5. The summed E-state index contributed by atoms with van der Waals surface area (Å²) in [6, 6.07) is 11.4. The Balaban J connectivity index is 1.49. The normalized spacial score (nSPS) is 12.4. The van der Waals surface area contributed by atoms with Gasteiger partial charge in [-0.1, -0.05) is 6.07 Å². The molecular formula is C23H28N4O5. The first-order valence-electron chi connectivity index (χ1n) is 10.6. The van der Waals surface area contributed by atoms with Crippen molar-refractivity contribution in [3.05, 3.63) is 48.0 Å². The van der Waals surface area contributed by atoms with Crippen LogP contribution in [0.15, 0.2) is 42.5 Å². The van der Waals surface area contributed by atoms with Gasteiger partial charge < -0.3 is 30.7 Å². The summed E-state index contributed by atoms with van der Waals surface area (Å²) in [5.74, 6) is 0.535. The van der Waals surface area contributed by atoms with Crippen LogP contribution >= 0.6 is 0 Å². The molecule has 0 aromatic heterocycles. The standard InChI is InChI=1S/C23H28N4O5/c1-3-31-19-11-10-18(13-20(19)32-4-2)27-23(30)24-14-21(28)25-17-7-5-6-15(12-17)22(29)26-16-8-9-16/h5-7,10-13,16H,3-4,8-9,14H2,1-2H3,(H,25,28)(H,26,29)(H2,24,27,30). The van der Waals surface area contributed by atoms with E-state index >= 15 is 0 Å². The molecule has 0 heterocycles. The molecule has 4 amide bonds. The van der Waals surface area contributed by atoms with E-state index in [1.54, 1.807) is 42.5 Å². The van der Waals surface area contributed by atoms with Gasteiger partial charge in [0.15, 0.2) is 11.5 Å². The van der Waals surface area contributed by atoms with E-state index in [1.165, 1.54) is 0 Å². The Morgan fingerprint density at radius 1 is 0.906 bits per heavy atom. The van der Waals surface area contributed by atoms with Crippen molar-refractivity contribution in [3.63, 3.8) is 0 Å². The lowest BCUT2D eigenvalue weighted by atomic mass is 10.2. The van der Waals surface area contributed by atoms with Crippen molar-refractivity contribution >= 4 is 29.2 Å². The van der Waals surface area contributed by atoms with E-state index in [1.807, 2.05) is 13.8 Å². The van der Waals surface area contributed by atoms with Gasteiger partial charge in [-0.15, -0.1) is 0 Å². The molecule has 1 aliphatic carbocycles. The van der Waals surface area contributed by atoms with E-state index < -0.39 is 11.9 Å². The molecule has 0 aliphatic heterocycles. The van der Waals surface area contributed by atoms with E-state index in [0.29, 0.717) is 41.7 Å². The number of nitrogens with one attached hydrogen (secondary N) is 4. The first-order chi connectivity index (χ1) is 15.5. The zero-order valence-electron chi connectivity index (χ0n) is 18.2. The molecule has 0 unspecified atom stereocenters. The number of carbonyl (C=O) groups excluding carboxylic acids is 3. The molecule has 0 spiro atoms. The van der Waals surface area contributed by atoms with Crippen LogP contribution in [-0.2, 0) is 4.79 Å². The Bertz CT molecular complexity index is 975. The molecule has 0 bridgehead atoms. The number of hydrogen-bond donors (Lipinski definition) is 4. The molecule has 32 heavy (non-hydrogen) atoms. The third-order valence-corrected chi connectivity index (χ3v) is 4.53. The van der Waals surface area contributed by atoms with Crippen LogP contribution in [0.25, 0.3) is 0 Å². The zero-order chi connectivity index (χ0) is 22.9. The van der Waals surface area contributed by atoms with Gasteiger partial charge in [0.2, 0.25) is 5.91 Å². The number of ether oxygens (including phenoxy) is 2. The van der Waals surface area contributed by atoms with E-state index in [0.717, 1.165) is 12.8 Å². The van der Waals surface area contributed by atoms with Gasteiger partial charge in [0, 0.05) is 29.0 Å². The minimum atomic E-state index is -0.538. The molecule has 2 aromatic carbocycles. The predicted octanol–water partition coefficient (Wildman–Crippen LogP) is 3.14. The molecule has 9 heteroatoms. The molecule has 4 N–H and O–H groups in total. The van der Waals surface area contributed by atoms with Crippen LogP contribution in [0.4, 0.5) is 16.2 Å². The molecule has 2 aromatic rings. The lowest BCUT2D eigenvalue weighted by Crippen LogP contribution is -2.35. The SMILES string of the molecule is CCOc1ccc(NC(=O)NCC(=O)Nc2cccc(C(=O)NC3CC3)c2)cc1OCC. The molecule has 0 atom stereocenters. The van der Waals surface area contributed by atoms with Crippen molar-refractivity contribution in [2.24, 2.45) is 0 Å². The molecule has 3 rings (SSSR count). The van der Waals surface area contributed by atoms with Crippen LogP contribution in [0.3, 0.4) is 0 Å². The lowest BCUT2D eigenvalue weighted by Gasteiger charge is -2.13. The number of anilines is 2. The molecule has 0 radical (unpaired) electrons. The molecule has 9 nitrogen and oxygen atoms in total. The molecular weight excluding hydrogens is 412 g/mol. The topological polar surface area (TPSA) is 118 Å². The van der Waals surface area contributed by atoms with Crippen molar-refractivity contribution in [1.82, 2.24) is 10.6 Å². The smallest absolute Gasteiger partial charge is 0.319 e. The maximum atomic E-state index is 12.2. The van der Waals surface area contributed by atoms with Gasteiger partial charge in [-0.2, -0.15) is 0 Å². The van der Waals surface area contributed by atoms with E-state index in [9.17, 15) is 14.4 Å². The summed E-state index contributed by atoms with van der Waals surface area (Å²) >= 11 is 0. The van der Waals surface area contributed by atoms with Crippen LogP contribution in [0.2, 0.25) is 0 Å². The Labute approximate surface area is 186 Å². The fraction of sp³-hybridized carbons (Fsp3) is 0.348. The second-order valence-corrected chi connectivity index (χ2v) is 7.21. The summed E-state index contributed by atoms with van der Waals surface area (Å²) in [7, 11) is 0. The highest BCUT2D eigenvalue weighted by atomic mass is 16.5. The minimum absolute atomic E-state index is 0.164. The van der Waals surface area contributed by atoms with Gasteiger partial charge in [-0.3, -0.25) is 9.59 Å². The molecule has 1 fully saturated rings. The van der Waals surface area contributed by atoms with Gasteiger partial charge in [-0.05, 0) is 57.0 Å². The van der Waals surface area contributed by atoms with Crippen LogP contribution in [0.5, 0.6) is 11.5 Å². The summed E-state index contributed by atoms with van der Waals surface area (Å²) in [6.45, 7) is 4.45. The van der Waals surface area contributed by atoms with Gasteiger partial charge in [0.1, 0.15) is 0 Å². The Morgan fingerprint density at radius 3 is 2.34 bits per heavy atom. The second kappa shape index (κ2) is 11.0. The van der Waals surface area contributed by atoms with Crippen molar-refractivity contribution < 1.29 is 23.9 Å². The third kappa shape index (κ3) is 6.90. The molecule has 1 saturated carbocycles. The predicted molar refractivity (Wildman–Crippen MR) is 121 cm³/mol. The highest BCUT2D eigenvalue weighted by molar-refractivity contribution is 5.99. The maximum Gasteiger partial charge on any atom is 0.319 e. The monoisotopic (exact) mass is 440 g/mol. The van der Waals surface area contributed by atoms with Crippen molar-refractivity contribution in [3.8, 4) is 11.5 Å². The van der Waals surface area contributed by atoms with Crippen LogP contribution in [0, 0.1) is 0 Å². The maximum absolute atomic E-state index is 12.2. The van der Waals surface area contributed by atoms with E-state index in [2.05, 4.69) is 21.3 Å². The zero-order valence-corrected chi connectivity index (χ0v) is 18.2. The third-order valence-electron chi connectivity index (χ3n) is 4.53. The summed E-state index contributed by atoms with van der Waals surface area (Å²) in [6.07, 6.45) is 2.00. The van der Waals surface area contributed by atoms with E-state index in [-0.39, 0.29) is 18.5 Å². The quantitative estimate of drug-likeness (QED) is 0.453. The number of carbonyl (C=O) groups is 3. The Morgan fingerprint density at radius 2 is 1.62 bits per heavy atom. The van der Waals surface area contributed by atoms with Crippen LogP contribution in [0.1, 0.15) is 37.0 Å². The highest BCUT2D eigenvalue weighted by Crippen LogP contribution is 2.30. The van der Waals surface area contributed by atoms with Crippen LogP contribution < -0.4 is 30.7 Å². The summed E-state index contributed by atoms with van der Waals surface area (Å²) in [4.78, 5) is 36.5. The summed E-state index contributed by atoms with van der Waals surface area (Å²) in [5.41, 5.74) is 1.46. The van der Waals surface area contributed by atoms with E-state index in [4.69, 9.17) is 9.47 Å². The van der Waals surface area contributed by atoms with Gasteiger partial charge in [0.05, 0.1) is 19.8 Å². The van der Waals surface area contributed by atoms with Crippen LogP contribution in [-0.4, -0.2) is 43.6 Å². The van der Waals surface area contributed by atoms with Gasteiger partial charge in [-0.25, -0.2) is 4.79 Å². The molecule has 0 saturated heterocycles. The number of rotatable bonds is 10. The average molecular weight is 441 g/mol. The summed E-state index contributed by atoms with van der Waals surface area (Å²) < 4.78 is 11.0. The van der Waals surface area contributed by atoms with Gasteiger partial charge in [0.25, 0.3) is 5.91 Å². The highest BCUT2D eigenvalue weighted by Gasteiger charge is 2.23. The fourth-order valence-electron chi connectivity index (χ4n) is 2.90. The minimum Gasteiger partial charge on any atom is -0.490 e. The second-order valence-electron chi connectivity index (χ2n) is 7.21. The van der Waals surface area contributed by atoms with Crippen molar-refractivity contribution in [2.75, 3.05) is 30.4 Å². The Kier molecular flexibility index (Phi) is 7.91. The first-order valence-corrected chi connectivity index (χ1v) is 10.6. The molecule has 170 valence electrons. The largest absolute Gasteiger partial charge is 0.490 e. The molecule has 1 aliphatic rings. The average Bonchev–Trinajstić information content (AvgIpc) is 3.59. The number of amides is 4. The Hall–Kier alpha value is -3.75. The fourth-order valence-corrected chi connectivity index (χ4v) is 2.90. The first kappa shape index (κ1) is 22.9. The lowest BCUT2D eigenvalue weighted by molar-refractivity contribution is -0.115. The number of urea groups is 1.